The van der Waals surface area contributed by atoms with Crippen molar-refractivity contribution in [2.45, 2.75) is 6.54 Å². The number of nitrogens with zero attached hydrogens (tertiary/aromatic N) is 5. The molecular weight excluding hydrogens is 300 g/mol. The van der Waals surface area contributed by atoms with Crippen LogP contribution in [0.4, 0.5) is 11.4 Å². The lowest BCUT2D eigenvalue weighted by atomic mass is 10.1. The third kappa shape index (κ3) is 2.76. The number of hydrogen-bond acceptors (Lipinski definition) is 6. The van der Waals surface area contributed by atoms with E-state index in [2.05, 4.69) is 15.1 Å². The maximum absolute atomic E-state index is 11.8. The van der Waals surface area contributed by atoms with Crippen LogP contribution in [0.15, 0.2) is 35.6 Å². The molecule has 2 aromatic heterocycles. The first-order chi connectivity index (χ1) is 11.0. The lowest BCUT2D eigenvalue weighted by Gasteiger charge is -2.18. The van der Waals surface area contributed by atoms with Gasteiger partial charge >= 0.3 is 0 Å². The van der Waals surface area contributed by atoms with Gasteiger partial charge in [0, 0.05) is 38.5 Å². The summed E-state index contributed by atoms with van der Waals surface area (Å²) in [5.41, 5.74) is 1.18. The van der Waals surface area contributed by atoms with Crippen molar-refractivity contribution in [3.05, 3.63) is 56.9 Å². The van der Waals surface area contributed by atoms with Gasteiger partial charge in [0.25, 0.3) is 11.2 Å². The molecule has 0 aliphatic carbocycles. The van der Waals surface area contributed by atoms with Crippen LogP contribution in [0.25, 0.3) is 10.9 Å². The van der Waals surface area contributed by atoms with Gasteiger partial charge in [-0.05, 0) is 6.07 Å². The standard InChI is InChI=1S/C14H14N6O3/c1-18(6-9-5-17-19(2)7-9)12-4-11-10(3-13(12)20(22)23)14(21)16-8-15-11/h3-5,7-8H,6H2,1-2H3,(H,15,16,21). The van der Waals surface area contributed by atoms with Crippen LogP contribution in [0.2, 0.25) is 0 Å². The summed E-state index contributed by atoms with van der Waals surface area (Å²) in [6, 6.07) is 2.81. The molecule has 118 valence electrons. The van der Waals surface area contributed by atoms with Gasteiger partial charge in [-0.15, -0.1) is 0 Å². The maximum Gasteiger partial charge on any atom is 0.293 e. The molecule has 0 atom stereocenters. The molecule has 23 heavy (non-hydrogen) atoms. The van der Waals surface area contributed by atoms with E-state index >= 15 is 0 Å². The summed E-state index contributed by atoms with van der Waals surface area (Å²) >= 11 is 0. The summed E-state index contributed by atoms with van der Waals surface area (Å²) in [6.45, 7) is 0.448. The molecule has 0 amide bonds. The smallest absolute Gasteiger partial charge is 0.293 e. The molecule has 0 spiro atoms. The van der Waals surface area contributed by atoms with Crippen molar-refractivity contribution >= 4 is 22.3 Å². The van der Waals surface area contributed by atoms with E-state index in [0.29, 0.717) is 17.7 Å². The Hall–Kier alpha value is -3.23. The highest BCUT2D eigenvalue weighted by atomic mass is 16.6. The highest BCUT2D eigenvalue weighted by Gasteiger charge is 2.20. The second-order valence-corrected chi connectivity index (χ2v) is 5.23. The summed E-state index contributed by atoms with van der Waals surface area (Å²) in [5.74, 6) is 0. The summed E-state index contributed by atoms with van der Waals surface area (Å²) in [7, 11) is 3.55. The lowest BCUT2D eigenvalue weighted by molar-refractivity contribution is -0.384. The number of aromatic nitrogens is 4. The van der Waals surface area contributed by atoms with Crippen molar-refractivity contribution in [1.29, 1.82) is 0 Å². The quantitative estimate of drug-likeness (QED) is 0.572. The SMILES string of the molecule is CN(Cc1cnn(C)c1)c1cc2nc[nH]c(=O)c2cc1[N+](=O)[O-]. The monoisotopic (exact) mass is 314 g/mol. The molecule has 0 bridgehead atoms. The highest BCUT2D eigenvalue weighted by molar-refractivity contribution is 5.86. The predicted molar refractivity (Wildman–Crippen MR) is 84.3 cm³/mol. The Morgan fingerprint density at radius 2 is 2.22 bits per heavy atom. The van der Waals surface area contributed by atoms with E-state index in [9.17, 15) is 14.9 Å². The Labute approximate surface area is 130 Å². The number of nitro benzene ring substituents is 1. The Kier molecular flexibility index (Phi) is 3.53. The first-order valence-corrected chi connectivity index (χ1v) is 6.80. The van der Waals surface area contributed by atoms with E-state index in [-0.39, 0.29) is 11.1 Å². The number of rotatable bonds is 4. The number of anilines is 1. The summed E-state index contributed by atoms with van der Waals surface area (Å²) in [6.07, 6.45) is 4.82. The fourth-order valence-corrected chi connectivity index (χ4v) is 2.46. The molecule has 1 aromatic carbocycles. The predicted octanol–water partition coefficient (Wildman–Crippen LogP) is 1.20. The summed E-state index contributed by atoms with van der Waals surface area (Å²) in [4.78, 5) is 30.9. The van der Waals surface area contributed by atoms with Crippen molar-refractivity contribution in [3.8, 4) is 0 Å². The zero-order chi connectivity index (χ0) is 16.6. The number of aromatic amines is 1. The Balaban J connectivity index is 2.09. The normalized spacial score (nSPS) is 10.9. The molecule has 0 unspecified atom stereocenters. The topological polar surface area (TPSA) is 110 Å². The fourth-order valence-electron chi connectivity index (χ4n) is 2.46. The third-order valence-corrected chi connectivity index (χ3v) is 3.52. The minimum Gasteiger partial charge on any atom is -0.365 e. The minimum absolute atomic E-state index is 0.137. The number of aryl methyl sites for hydroxylation is 1. The molecule has 3 aromatic rings. The number of hydrogen-bond donors (Lipinski definition) is 1. The van der Waals surface area contributed by atoms with Crippen LogP contribution in [0.3, 0.4) is 0 Å². The molecule has 9 heteroatoms. The maximum atomic E-state index is 11.8. The number of benzene rings is 1. The van der Waals surface area contributed by atoms with E-state index in [0.717, 1.165) is 5.56 Å². The molecular formula is C14H14N6O3. The van der Waals surface area contributed by atoms with Gasteiger partial charge < -0.3 is 9.88 Å². The molecule has 1 N–H and O–H groups in total. The van der Waals surface area contributed by atoms with Crippen LogP contribution >= 0.6 is 0 Å². The van der Waals surface area contributed by atoms with Gasteiger partial charge in [0.2, 0.25) is 0 Å². The Morgan fingerprint density at radius 1 is 1.43 bits per heavy atom. The van der Waals surface area contributed by atoms with Crippen molar-refractivity contribution in [1.82, 2.24) is 19.7 Å². The summed E-state index contributed by atoms with van der Waals surface area (Å²) in [5, 5.41) is 15.6. The van der Waals surface area contributed by atoms with Crippen LogP contribution in [0, 0.1) is 10.1 Å². The van der Waals surface area contributed by atoms with E-state index in [1.54, 1.807) is 35.9 Å². The molecule has 0 saturated carbocycles. The van der Waals surface area contributed by atoms with Gasteiger partial charge in [0.1, 0.15) is 5.69 Å². The van der Waals surface area contributed by atoms with E-state index in [1.807, 2.05) is 6.20 Å². The average Bonchev–Trinajstić information content (AvgIpc) is 2.91. The molecule has 0 radical (unpaired) electrons. The van der Waals surface area contributed by atoms with Crippen LogP contribution in [-0.4, -0.2) is 31.7 Å². The van der Waals surface area contributed by atoms with Crippen molar-refractivity contribution in [2.24, 2.45) is 7.05 Å². The highest BCUT2D eigenvalue weighted by Crippen LogP contribution is 2.31. The molecule has 0 fully saturated rings. The number of fused-ring (bicyclic) bond motifs is 1. The molecule has 0 saturated heterocycles. The molecule has 0 aliphatic rings. The molecule has 3 rings (SSSR count). The van der Waals surface area contributed by atoms with Gasteiger partial charge in [-0.2, -0.15) is 5.10 Å². The number of nitro groups is 1. The first kappa shape index (κ1) is 14.7. The molecule has 2 heterocycles. The summed E-state index contributed by atoms with van der Waals surface area (Å²) < 4.78 is 1.67. The Morgan fingerprint density at radius 3 is 2.87 bits per heavy atom. The largest absolute Gasteiger partial charge is 0.365 e. The zero-order valence-electron chi connectivity index (χ0n) is 12.6. The average molecular weight is 314 g/mol. The van der Waals surface area contributed by atoms with Crippen LogP contribution in [-0.2, 0) is 13.6 Å². The zero-order valence-corrected chi connectivity index (χ0v) is 12.6. The second-order valence-electron chi connectivity index (χ2n) is 5.23. The van der Waals surface area contributed by atoms with Gasteiger partial charge in [0.05, 0.1) is 28.4 Å². The van der Waals surface area contributed by atoms with Crippen molar-refractivity contribution in [2.75, 3.05) is 11.9 Å². The second kappa shape index (κ2) is 5.52. The van der Waals surface area contributed by atoms with Gasteiger partial charge in [-0.1, -0.05) is 0 Å². The van der Waals surface area contributed by atoms with Crippen molar-refractivity contribution in [3.63, 3.8) is 0 Å². The van der Waals surface area contributed by atoms with Gasteiger partial charge in [-0.3, -0.25) is 19.6 Å². The van der Waals surface area contributed by atoms with E-state index in [4.69, 9.17) is 0 Å². The number of H-pyrrole nitrogens is 1. The fraction of sp³-hybridized carbons (Fsp3) is 0.214. The Bertz CT molecular complexity index is 945. The van der Waals surface area contributed by atoms with Crippen LogP contribution in [0.1, 0.15) is 5.56 Å². The molecule has 9 nitrogen and oxygen atoms in total. The van der Waals surface area contributed by atoms with E-state index < -0.39 is 10.5 Å². The van der Waals surface area contributed by atoms with Gasteiger partial charge in [-0.25, -0.2) is 4.98 Å². The minimum atomic E-state index is -0.499. The van der Waals surface area contributed by atoms with Crippen LogP contribution in [0.5, 0.6) is 0 Å². The molecule has 0 aliphatic heterocycles. The third-order valence-electron chi connectivity index (χ3n) is 3.52. The van der Waals surface area contributed by atoms with Gasteiger partial charge in [0.15, 0.2) is 0 Å². The van der Waals surface area contributed by atoms with Crippen molar-refractivity contribution < 1.29 is 4.92 Å². The first-order valence-electron chi connectivity index (χ1n) is 6.80. The van der Waals surface area contributed by atoms with Crippen LogP contribution < -0.4 is 10.5 Å². The van der Waals surface area contributed by atoms with E-state index in [1.165, 1.54) is 12.4 Å². The number of nitrogens with one attached hydrogen (secondary N) is 1. The lowest BCUT2D eigenvalue weighted by Crippen LogP contribution is -2.18.